The van der Waals surface area contributed by atoms with Crippen molar-refractivity contribution in [2.45, 2.75) is 26.3 Å². The fraction of sp³-hybridized carbons (Fsp3) is 0.438. The van der Waals surface area contributed by atoms with Crippen molar-refractivity contribution in [1.82, 2.24) is 9.78 Å². The summed E-state index contributed by atoms with van der Waals surface area (Å²) in [4.78, 5) is 0. The zero-order chi connectivity index (χ0) is 14.8. The van der Waals surface area contributed by atoms with Gasteiger partial charge in [0, 0.05) is 37.0 Å². The number of fused-ring (bicyclic) bond motifs is 1. The smallest absolute Gasteiger partial charge is 0.163 e. The van der Waals surface area contributed by atoms with Crippen LogP contribution in [-0.2, 0) is 7.05 Å². The minimum Gasteiger partial charge on any atom is -0.490 e. The van der Waals surface area contributed by atoms with E-state index in [9.17, 15) is 0 Å². The van der Waals surface area contributed by atoms with E-state index in [1.165, 1.54) is 5.56 Å². The maximum atomic E-state index is 5.72. The predicted molar refractivity (Wildman–Crippen MR) is 82.0 cm³/mol. The van der Waals surface area contributed by atoms with E-state index >= 15 is 0 Å². The van der Waals surface area contributed by atoms with E-state index in [2.05, 4.69) is 23.5 Å². The molecule has 112 valence electrons. The molecule has 0 aliphatic carbocycles. The van der Waals surface area contributed by atoms with Crippen LogP contribution in [0.15, 0.2) is 24.4 Å². The third-order valence-electron chi connectivity index (χ3n) is 3.65. The average Bonchev–Trinajstić information content (AvgIpc) is 2.66. The van der Waals surface area contributed by atoms with E-state index in [4.69, 9.17) is 9.47 Å². The van der Waals surface area contributed by atoms with Gasteiger partial charge in [0.1, 0.15) is 0 Å². The lowest BCUT2D eigenvalue weighted by atomic mass is 10.1. The fourth-order valence-electron chi connectivity index (χ4n) is 2.62. The summed E-state index contributed by atoms with van der Waals surface area (Å²) in [7, 11) is 1.94. The highest BCUT2D eigenvalue weighted by Gasteiger charge is 2.14. The highest BCUT2D eigenvalue weighted by molar-refractivity contribution is 5.56. The van der Waals surface area contributed by atoms with E-state index in [0.29, 0.717) is 13.2 Å². The third-order valence-corrected chi connectivity index (χ3v) is 3.65. The molecule has 2 heterocycles. The number of benzene rings is 1. The van der Waals surface area contributed by atoms with Crippen LogP contribution in [0.5, 0.6) is 11.5 Å². The average molecular weight is 287 g/mol. The molecule has 0 bridgehead atoms. The predicted octanol–water partition coefficient (Wildman–Crippen LogP) is 3.06. The second-order valence-electron chi connectivity index (χ2n) is 5.42. The van der Waals surface area contributed by atoms with Crippen molar-refractivity contribution in [1.29, 1.82) is 0 Å². The van der Waals surface area contributed by atoms with E-state index in [0.717, 1.165) is 29.3 Å². The Labute approximate surface area is 124 Å². The topological polar surface area (TPSA) is 48.3 Å². The van der Waals surface area contributed by atoms with Crippen molar-refractivity contribution < 1.29 is 9.47 Å². The molecule has 1 aromatic heterocycles. The second-order valence-corrected chi connectivity index (χ2v) is 5.42. The molecule has 5 heteroatoms. The molecule has 21 heavy (non-hydrogen) atoms. The number of hydrogen-bond donors (Lipinski definition) is 1. The fourth-order valence-corrected chi connectivity index (χ4v) is 2.62. The summed E-state index contributed by atoms with van der Waals surface area (Å²) in [6.07, 6.45) is 2.97. The number of rotatable bonds is 3. The van der Waals surface area contributed by atoms with Crippen LogP contribution in [0.4, 0.5) is 5.69 Å². The standard InChI is InChI=1S/C16H21N3O2/c1-11(14-10-19(3)18-12(14)2)17-13-5-6-15-16(9-13)21-8-4-7-20-15/h5-6,9-11,17H,4,7-8H2,1-3H3. The van der Waals surface area contributed by atoms with Gasteiger partial charge in [0.05, 0.1) is 24.9 Å². The third kappa shape index (κ3) is 2.96. The number of hydrogen-bond acceptors (Lipinski definition) is 4. The Balaban J connectivity index is 1.78. The van der Waals surface area contributed by atoms with E-state index in [-0.39, 0.29) is 6.04 Å². The van der Waals surface area contributed by atoms with Gasteiger partial charge in [-0.05, 0) is 26.0 Å². The van der Waals surface area contributed by atoms with Gasteiger partial charge in [-0.2, -0.15) is 5.10 Å². The van der Waals surface area contributed by atoms with Gasteiger partial charge < -0.3 is 14.8 Å². The second kappa shape index (κ2) is 5.68. The minimum absolute atomic E-state index is 0.184. The van der Waals surface area contributed by atoms with E-state index in [1.54, 1.807) is 0 Å². The molecule has 1 unspecified atom stereocenters. The largest absolute Gasteiger partial charge is 0.490 e. The molecule has 1 N–H and O–H groups in total. The number of ether oxygens (including phenoxy) is 2. The summed E-state index contributed by atoms with van der Waals surface area (Å²) < 4.78 is 13.2. The molecule has 0 amide bonds. The lowest BCUT2D eigenvalue weighted by Crippen LogP contribution is -2.07. The van der Waals surface area contributed by atoms with Gasteiger partial charge in [-0.1, -0.05) is 0 Å². The molecule has 2 aromatic rings. The van der Waals surface area contributed by atoms with Gasteiger partial charge in [-0.25, -0.2) is 0 Å². The first kappa shape index (κ1) is 13.8. The van der Waals surface area contributed by atoms with Crippen LogP contribution < -0.4 is 14.8 Å². The van der Waals surface area contributed by atoms with Crippen molar-refractivity contribution in [2.75, 3.05) is 18.5 Å². The Hall–Kier alpha value is -2.17. The van der Waals surface area contributed by atoms with Gasteiger partial charge in [0.25, 0.3) is 0 Å². The van der Waals surface area contributed by atoms with E-state index < -0.39 is 0 Å². The Morgan fingerprint density at radius 3 is 2.71 bits per heavy atom. The summed E-state index contributed by atoms with van der Waals surface area (Å²) >= 11 is 0. The maximum absolute atomic E-state index is 5.72. The zero-order valence-corrected chi connectivity index (χ0v) is 12.7. The van der Waals surface area contributed by atoms with Crippen LogP contribution in [-0.4, -0.2) is 23.0 Å². The summed E-state index contributed by atoms with van der Waals surface area (Å²) in [6, 6.07) is 6.17. The van der Waals surface area contributed by atoms with Crippen molar-refractivity contribution in [3.05, 3.63) is 35.7 Å². The SMILES string of the molecule is Cc1nn(C)cc1C(C)Nc1ccc2c(c1)OCCCO2. The molecule has 0 radical (unpaired) electrons. The Morgan fingerprint density at radius 1 is 1.24 bits per heavy atom. The number of nitrogens with one attached hydrogen (secondary N) is 1. The summed E-state index contributed by atoms with van der Waals surface area (Å²) in [5, 5.41) is 7.88. The molecular weight excluding hydrogens is 266 g/mol. The van der Waals surface area contributed by atoms with Crippen molar-refractivity contribution >= 4 is 5.69 Å². The monoisotopic (exact) mass is 287 g/mol. The minimum atomic E-state index is 0.184. The van der Waals surface area contributed by atoms with Crippen molar-refractivity contribution in [3.63, 3.8) is 0 Å². The lowest BCUT2D eigenvalue weighted by molar-refractivity contribution is 0.297. The van der Waals surface area contributed by atoms with Crippen LogP contribution in [0.25, 0.3) is 0 Å². The molecule has 1 aromatic carbocycles. The first-order valence-electron chi connectivity index (χ1n) is 7.30. The zero-order valence-electron chi connectivity index (χ0n) is 12.7. The van der Waals surface area contributed by atoms with Crippen LogP contribution in [0.2, 0.25) is 0 Å². The molecule has 1 aliphatic heterocycles. The maximum Gasteiger partial charge on any atom is 0.163 e. The van der Waals surface area contributed by atoms with Crippen molar-refractivity contribution in [2.24, 2.45) is 7.05 Å². The van der Waals surface area contributed by atoms with Crippen LogP contribution in [0, 0.1) is 6.92 Å². The molecule has 0 saturated heterocycles. The molecule has 1 aliphatic rings. The molecule has 0 fully saturated rings. The molecule has 1 atom stereocenters. The van der Waals surface area contributed by atoms with Crippen LogP contribution in [0.1, 0.15) is 30.6 Å². The normalized spacial score (nSPS) is 15.4. The number of aromatic nitrogens is 2. The Kier molecular flexibility index (Phi) is 3.73. The summed E-state index contributed by atoms with van der Waals surface area (Å²) in [5.41, 5.74) is 3.27. The first-order valence-corrected chi connectivity index (χ1v) is 7.30. The van der Waals surface area contributed by atoms with E-state index in [1.807, 2.05) is 36.9 Å². The highest BCUT2D eigenvalue weighted by atomic mass is 16.5. The lowest BCUT2D eigenvalue weighted by Gasteiger charge is -2.16. The molecule has 3 rings (SSSR count). The molecule has 0 spiro atoms. The van der Waals surface area contributed by atoms with Crippen molar-refractivity contribution in [3.8, 4) is 11.5 Å². The van der Waals surface area contributed by atoms with Crippen LogP contribution in [0.3, 0.4) is 0 Å². The van der Waals surface area contributed by atoms with Gasteiger partial charge >= 0.3 is 0 Å². The van der Waals surface area contributed by atoms with Gasteiger partial charge in [0.2, 0.25) is 0 Å². The van der Waals surface area contributed by atoms with Gasteiger partial charge in [0.15, 0.2) is 11.5 Å². The Morgan fingerprint density at radius 2 is 2.00 bits per heavy atom. The summed E-state index contributed by atoms with van der Waals surface area (Å²) in [5.74, 6) is 1.64. The highest BCUT2D eigenvalue weighted by Crippen LogP contribution is 2.33. The number of nitrogens with zero attached hydrogens (tertiary/aromatic N) is 2. The first-order chi connectivity index (χ1) is 10.1. The van der Waals surface area contributed by atoms with Gasteiger partial charge in [-0.15, -0.1) is 0 Å². The summed E-state index contributed by atoms with van der Waals surface area (Å²) in [6.45, 7) is 5.58. The van der Waals surface area contributed by atoms with Gasteiger partial charge in [-0.3, -0.25) is 4.68 Å². The quantitative estimate of drug-likeness (QED) is 0.942. The molecule has 5 nitrogen and oxygen atoms in total. The van der Waals surface area contributed by atoms with Crippen LogP contribution >= 0.6 is 0 Å². The molecular formula is C16H21N3O2. The molecule has 0 saturated carbocycles. The Bertz CT molecular complexity index is 636. The number of anilines is 1. The number of aryl methyl sites for hydroxylation is 2.